The van der Waals surface area contributed by atoms with E-state index in [0.29, 0.717) is 17.4 Å². The molecule has 0 aliphatic heterocycles. The number of aliphatic hydroxyl groups is 2. The number of hydrogen-bond acceptors (Lipinski definition) is 9. The predicted molar refractivity (Wildman–Crippen MR) is 245 cm³/mol. The summed E-state index contributed by atoms with van der Waals surface area (Å²) < 4.78 is 34.1. The number of phosphoric acid groups is 1. The molecular weight excluding hydrogens is 781 g/mol. The number of allylic oxidation sites excluding steroid dienone is 7. The van der Waals surface area contributed by atoms with Crippen LogP contribution in [-0.2, 0) is 32.7 Å². The summed E-state index contributed by atoms with van der Waals surface area (Å²) >= 11 is 0. The quantitative estimate of drug-likeness (QED) is 0.0178. The molecule has 0 aromatic carbocycles. The maximum Gasteiger partial charge on any atom is 0.472 e. The summed E-state index contributed by atoms with van der Waals surface area (Å²) in [5, 5.41) is 20.8. The molecule has 350 valence electrons. The molecule has 0 saturated carbocycles. The Balaban J connectivity index is 4.57. The Hall–Kier alpha value is -2.11. The number of nitrogens with zero attached hydrogens (tertiary/aromatic N) is 1. The van der Waals surface area contributed by atoms with Crippen molar-refractivity contribution in [3.05, 3.63) is 48.6 Å². The summed E-state index contributed by atoms with van der Waals surface area (Å²) in [5.74, 6) is -1.09. The lowest BCUT2D eigenvalue weighted by Crippen LogP contribution is -2.37. The molecule has 0 bridgehead atoms. The van der Waals surface area contributed by atoms with Crippen molar-refractivity contribution in [3.8, 4) is 0 Å². The first-order valence-corrected chi connectivity index (χ1v) is 25.0. The highest BCUT2D eigenvalue weighted by Gasteiger charge is 2.27. The van der Waals surface area contributed by atoms with Crippen LogP contribution in [0.5, 0.6) is 0 Å². The van der Waals surface area contributed by atoms with E-state index in [-0.39, 0.29) is 45.3 Å². The number of aliphatic hydroxyl groups excluding tert-OH is 2. The van der Waals surface area contributed by atoms with Gasteiger partial charge in [-0.05, 0) is 77.0 Å². The summed E-state index contributed by atoms with van der Waals surface area (Å²) in [7, 11) is 1.29. The van der Waals surface area contributed by atoms with E-state index in [4.69, 9.17) is 18.5 Å². The van der Waals surface area contributed by atoms with Crippen LogP contribution in [0.3, 0.4) is 0 Å². The van der Waals surface area contributed by atoms with Gasteiger partial charge in [0.05, 0.1) is 40.0 Å². The van der Waals surface area contributed by atoms with Gasteiger partial charge in [0, 0.05) is 12.8 Å². The molecule has 0 heterocycles. The third-order valence-electron chi connectivity index (χ3n) is 10.0. The monoisotopic (exact) mass is 871 g/mol. The van der Waals surface area contributed by atoms with Crippen LogP contribution < -0.4 is 0 Å². The third-order valence-corrected chi connectivity index (χ3v) is 11.0. The highest BCUT2D eigenvalue weighted by atomic mass is 31.2. The zero-order chi connectivity index (χ0) is 44.6. The van der Waals surface area contributed by atoms with Gasteiger partial charge >= 0.3 is 19.8 Å². The zero-order valence-corrected chi connectivity index (χ0v) is 39.6. The van der Waals surface area contributed by atoms with Crippen molar-refractivity contribution < 1.29 is 52.3 Å². The highest BCUT2D eigenvalue weighted by molar-refractivity contribution is 7.47. The topological polar surface area (TPSA) is 149 Å². The van der Waals surface area contributed by atoms with Crippen LogP contribution in [0.4, 0.5) is 0 Å². The molecule has 4 atom stereocenters. The molecule has 0 fully saturated rings. The number of unbranched alkanes of at least 4 members (excludes halogenated alkanes) is 16. The van der Waals surface area contributed by atoms with Crippen molar-refractivity contribution in [2.24, 2.45) is 0 Å². The van der Waals surface area contributed by atoms with Gasteiger partial charge in [0.15, 0.2) is 6.10 Å². The smallest absolute Gasteiger partial charge is 0.462 e. The van der Waals surface area contributed by atoms with Crippen molar-refractivity contribution >= 4 is 19.8 Å². The van der Waals surface area contributed by atoms with Crippen LogP contribution in [0.25, 0.3) is 0 Å². The van der Waals surface area contributed by atoms with Crippen molar-refractivity contribution in [1.82, 2.24) is 0 Å². The first-order chi connectivity index (χ1) is 28.8. The Labute approximate surface area is 366 Å². The van der Waals surface area contributed by atoms with Crippen molar-refractivity contribution in [2.75, 3.05) is 47.5 Å². The van der Waals surface area contributed by atoms with Crippen LogP contribution in [-0.4, -0.2) is 97.3 Å². The van der Waals surface area contributed by atoms with E-state index in [0.717, 1.165) is 44.9 Å². The minimum atomic E-state index is -4.46. The fourth-order valence-electron chi connectivity index (χ4n) is 6.17. The van der Waals surface area contributed by atoms with Gasteiger partial charge < -0.3 is 29.1 Å². The fraction of sp³-hybridized carbons (Fsp3) is 0.792. The number of carbonyl (C=O) groups excluding carboxylic acids is 2. The lowest BCUT2D eigenvalue weighted by Gasteiger charge is -2.24. The molecule has 0 aliphatic rings. The Morgan fingerprint density at radius 1 is 0.583 bits per heavy atom. The lowest BCUT2D eigenvalue weighted by molar-refractivity contribution is -0.870. The fourth-order valence-corrected chi connectivity index (χ4v) is 6.91. The van der Waals surface area contributed by atoms with Crippen molar-refractivity contribution in [3.63, 3.8) is 0 Å². The van der Waals surface area contributed by atoms with Gasteiger partial charge in [0.1, 0.15) is 19.8 Å². The van der Waals surface area contributed by atoms with E-state index in [1.54, 1.807) is 0 Å². The SMILES string of the molecule is CCCCC/C=C\C/C=C\C/C=C\CC(O)C(O)CCCC(=O)O[C@H](COC(=O)CCCCCCCCC/C=C\CCCCCCCC)COP(=O)(O)OCC[N+](C)(C)C. The van der Waals surface area contributed by atoms with Crippen molar-refractivity contribution in [1.29, 1.82) is 0 Å². The van der Waals surface area contributed by atoms with Crippen LogP contribution in [0, 0.1) is 0 Å². The number of esters is 2. The molecule has 11 nitrogen and oxygen atoms in total. The van der Waals surface area contributed by atoms with Gasteiger partial charge in [-0.2, -0.15) is 0 Å². The van der Waals surface area contributed by atoms with Gasteiger partial charge in [-0.1, -0.05) is 140 Å². The summed E-state index contributed by atoms with van der Waals surface area (Å²) in [6.45, 7) is 4.05. The third kappa shape index (κ3) is 41.3. The van der Waals surface area contributed by atoms with E-state index < -0.39 is 44.7 Å². The lowest BCUT2D eigenvalue weighted by atomic mass is 10.0. The number of carbonyl (C=O) groups is 2. The van der Waals surface area contributed by atoms with E-state index in [9.17, 15) is 29.3 Å². The van der Waals surface area contributed by atoms with E-state index in [1.165, 1.54) is 83.5 Å². The standard InChI is InChI=1S/C48H88NO10P/c1-6-8-10-12-14-16-18-20-21-22-23-24-26-28-30-32-34-38-47(52)56-42-44(43-58-60(54,55)57-41-40-49(3,4)5)59-48(53)39-35-37-46(51)45(50)36-33-31-29-27-25-19-17-15-13-11-9-7-2/h15,17,20-21,25,27,31,33,44-46,50-51H,6-14,16,18-19,22-24,26,28-30,32,34-43H2,1-5H3/p+1/b17-15-,21-20-,27-25-,33-31-/t44-,45?,46?/m1/s1. The Bertz CT molecular complexity index is 1200. The van der Waals surface area contributed by atoms with Crippen molar-refractivity contribution in [2.45, 2.75) is 199 Å². The molecule has 0 aromatic rings. The zero-order valence-electron chi connectivity index (χ0n) is 38.7. The first-order valence-electron chi connectivity index (χ1n) is 23.5. The minimum absolute atomic E-state index is 0.0223. The highest BCUT2D eigenvalue weighted by Crippen LogP contribution is 2.43. The maximum atomic E-state index is 12.7. The predicted octanol–water partition coefficient (Wildman–Crippen LogP) is 11.4. The summed E-state index contributed by atoms with van der Waals surface area (Å²) in [5.41, 5.74) is 0. The van der Waals surface area contributed by atoms with E-state index >= 15 is 0 Å². The Morgan fingerprint density at radius 2 is 1.07 bits per heavy atom. The molecule has 0 rings (SSSR count). The van der Waals surface area contributed by atoms with E-state index in [1.807, 2.05) is 33.3 Å². The second-order valence-corrected chi connectivity index (χ2v) is 18.5. The number of rotatable bonds is 42. The molecule has 0 saturated heterocycles. The molecule has 0 radical (unpaired) electrons. The molecule has 0 aromatic heterocycles. The van der Waals surface area contributed by atoms with Gasteiger partial charge in [-0.3, -0.25) is 18.6 Å². The molecule has 0 aliphatic carbocycles. The normalized spacial score (nSPS) is 15.0. The Kier molecular flexibility index (Phi) is 38.3. The maximum absolute atomic E-state index is 12.7. The Morgan fingerprint density at radius 3 is 1.67 bits per heavy atom. The van der Waals surface area contributed by atoms with Crippen LogP contribution in [0.1, 0.15) is 181 Å². The molecule has 60 heavy (non-hydrogen) atoms. The average molecular weight is 871 g/mol. The second-order valence-electron chi connectivity index (χ2n) is 17.1. The number of phosphoric ester groups is 1. The number of hydrogen-bond donors (Lipinski definition) is 3. The van der Waals surface area contributed by atoms with Crippen LogP contribution in [0.2, 0.25) is 0 Å². The summed E-state index contributed by atoms with van der Waals surface area (Å²) in [6.07, 6.45) is 39.0. The number of quaternary nitrogens is 1. The van der Waals surface area contributed by atoms with Gasteiger partial charge in [0.25, 0.3) is 0 Å². The molecule has 3 unspecified atom stereocenters. The van der Waals surface area contributed by atoms with Crippen LogP contribution in [0.15, 0.2) is 48.6 Å². The number of likely N-dealkylation sites (N-methyl/N-ethyl adjacent to an activating group) is 1. The molecule has 12 heteroatoms. The van der Waals surface area contributed by atoms with E-state index in [2.05, 4.69) is 50.3 Å². The van der Waals surface area contributed by atoms with Gasteiger partial charge in [-0.25, -0.2) is 4.57 Å². The average Bonchev–Trinajstić information content (AvgIpc) is 3.19. The molecule has 3 N–H and O–H groups in total. The second kappa shape index (κ2) is 39.7. The van der Waals surface area contributed by atoms with Crippen LogP contribution >= 0.6 is 7.82 Å². The molecule has 0 amide bonds. The van der Waals surface area contributed by atoms with Gasteiger partial charge in [-0.15, -0.1) is 0 Å². The largest absolute Gasteiger partial charge is 0.472 e. The minimum Gasteiger partial charge on any atom is -0.462 e. The first kappa shape index (κ1) is 57.9. The number of ether oxygens (including phenoxy) is 2. The summed E-state index contributed by atoms with van der Waals surface area (Å²) in [4.78, 5) is 35.5. The molecule has 0 spiro atoms. The summed E-state index contributed by atoms with van der Waals surface area (Å²) in [6, 6.07) is 0. The molecular formula is C48H89NO10P+. The van der Waals surface area contributed by atoms with Gasteiger partial charge in [0.2, 0.25) is 0 Å².